The molecular weight excluding hydrogens is 322 g/mol. The molecule has 0 unspecified atom stereocenters. The number of nitrogens with zero attached hydrogens (tertiary/aromatic N) is 3. The van der Waals surface area contributed by atoms with Gasteiger partial charge in [-0.05, 0) is 28.1 Å². The van der Waals surface area contributed by atoms with E-state index in [1.807, 2.05) is 0 Å². The Hall–Kier alpha value is -1.67. The molecule has 1 aromatic heterocycles. The van der Waals surface area contributed by atoms with Crippen LogP contribution in [0.1, 0.15) is 16.1 Å². The fourth-order valence-corrected chi connectivity index (χ4v) is 1.85. The lowest BCUT2D eigenvalue weighted by atomic mass is 10.1. The molecule has 0 fully saturated rings. The van der Waals surface area contributed by atoms with E-state index in [2.05, 4.69) is 26.2 Å². The van der Waals surface area contributed by atoms with Crippen molar-refractivity contribution in [3.63, 3.8) is 0 Å². The smallest absolute Gasteiger partial charge is 0.190 e. The van der Waals surface area contributed by atoms with Gasteiger partial charge in [-0.2, -0.15) is 0 Å². The summed E-state index contributed by atoms with van der Waals surface area (Å²) in [4.78, 5) is 11.9. The van der Waals surface area contributed by atoms with Crippen molar-refractivity contribution in [2.75, 3.05) is 0 Å². The molecule has 100 valence electrons. The van der Waals surface area contributed by atoms with E-state index in [9.17, 15) is 13.6 Å². The minimum absolute atomic E-state index is 0.0264. The van der Waals surface area contributed by atoms with Crippen LogP contribution in [0.3, 0.4) is 0 Å². The molecule has 0 aliphatic heterocycles. The molecule has 2 rings (SSSR count). The zero-order valence-electron chi connectivity index (χ0n) is 9.61. The molecule has 0 radical (unpaired) electrons. The summed E-state index contributed by atoms with van der Waals surface area (Å²) in [6.45, 7) is -0.134. The number of ketones is 1. The van der Waals surface area contributed by atoms with Crippen LogP contribution in [0.2, 0.25) is 0 Å². The minimum atomic E-state index is -0.927. The van der Waals surface area contributed by atoms with Crippen LogP contribution in [0.5, 0.6) is 0 Å². The first-order valence-corrected chi connectivity index (χ1v) is 6.08. The average molecular weight is 331 g/mol. The summed E-state index contributed by atoms with van der Waals surface area (Å²) >= 11 is 2.90. The number of nitrogens with two attached hydrogens (primary N) is 1. The number of hydrogen-bond donors (Lipinski definition) is 1. The first-order valence-electron chi connectivity index (χ1n) is 5.28. The molecule has 0 aliphatic rings. The van der Waals surface area contributed by atoms with Gasteiger partial charge in [-0.15, -0.1) is 5.10 Å². The van der Waals surface area contributed by atoms with Crippen molar-refractivity contribution in [3.05, 3.63) is 45.7 Å². The number of carbonyl (C=O) groups is 1. The highest BCUT2D eigenvalue weighted by Crippen LogP contribution is 2.22. The molecule has 1 aromatic carbocycles. The lowest BCUT2D eigenvalue weighted by Crippen LogP contribution is -2.14. The van der Waals surface area contributed by atoms with E-state index in [-0.39, 0.29) is 17.6 Å². The SMILES string of the molecule is NCc1cn(CC(=O)c2c(F)ccc(Br)c2F)nn1. The molecule has 0 amide bonds. The molecule has 0 bridgehead atoms. The average Bonchev–Trinajstić information content (AvgIpc) is 2.82. The molecule has 0 aliphatic carbocycles. The Balaban J connectivity index is 2.27. The molecule has 0 saturated heterocycles. The van der Waals surface area contributed by atoms with Crippen molar-refractivity contribution >= 4 is 21.7 Å². The molecule has 5 nitrogen and oxygen atoms in total. The molecular formula is C11H9BrF2N4O. The highest BCUT2D eigenvalue weighted by atomic mass is 79.9. The largest absolute Gasteiger partial charge is 0.325 e. The number of carbonyl (C=O) groups excluding carboxylic acids is 1. The number of hydrogen-bond acceptors (Lipinski definition) is 4. The second-order valence-electron chi connectivity index (χ2n) is 3.75. The van der Waals surface area contributed by atoms with Gasteiger partial charge in [0.05, 0.1) is 21.9 Å². The summed E-state index contributed by atoms with van der Waals surface area (Å²) in [5, 5.41) is 7.33. The third-order valence-corrected chi connectivity index (χ3v) is 3.04. The van der Waals surface area contributed by atoms with E-state index < -0.39 is 23.0 Å². The van der Waals surface area contributed by atoms with Crippen LogP contribution >= 0.6 is 15.9 Å². The first kappa shape index (κ1) is 13.8. The zero-order valence-corrected chi connectivity index (χ0v) is 11.2. The van der Waals surface area contributed by atoms with Gasteiger partial charge in [0.15, 0.2) is 11.6 Å². The Morgan fingerprint density at radius 2 is 2.16 bits per heavy atom. The van der Waals surface area contributed by atoms with Gasteiger partial charge < -0.3 is 5.73 Å². The molecule has 8 heteroatoms. The number of halogens is 3. The van der Waals surface area contributed by atoms with E-state index in [0.717, 1.165) is 6.07 Å². The molecule has 0 atom stereocenters. The summed E-state index contributed by atoms with van der Waals surface area (Å²) in [6.07, 6.45) is 1.45. The Kier molecular flexibility index (Phi) is 4.01. The van der Waals surface area contributed by atoms with Crippen LogP contribution in [0.15, 0.2) is 22.8 Å². The first-order chi connectivity index (χ1) is 9.02. The van der Waals surface area contributed by atoms with Crippen LogP contribution < -0.4 is 5.73 Å². The van der Waals surface area contributed by atoms with Crippen LogP contribution in [0, 0.1) is 11.6 Å². The maximum atomic E-state index is 13.7. The van der Waals surface area contributed by atoms with Gasteiger partial charge in [0.2, 0.25) is 0 Å². The Labute approximate surface area is 115 Å². The van der Waals surface area contributed by atoms with Crippen molar-refractivity contribution in [2.45, 2.75) is 13.1 Å². The van der Waals surface area contributed by atoms with Crippen molar-refractivity contribution in [1.29, 1.82) is 0 Å². The summed E-state index contributed by atoms with van der Waals surface area (Å²) in [7, 11) is 0. The van der Waals surface area contributed by atoms with Crippen molar-refractivity contribution < 1.29 is 13.6 Å². The summed E-state index contributed by atoms with van der Waals surface area (Å²) in [5.41, 5.74) is 5.24. The highest BCUT2D eigenvalue weighted by Gasteiger charge is 2.20. The van der Waals surface area contributed by atoms with Gasteiger partial charge in [-0.1, -0.05) is 5.21 Å². The van der Waals surface area contributed by atoms with Crippen LogP contribution in [-0.2, 0) is 13.1 Å². The van der Waals surface area contributed by atoms with E-state index in [1.165, 1.54) is 16.9 Å². The third-order valence-electron chi connectivity index (χ3n) is 2.42. The van der Waals surface area contributed by atoms with Crippen molar-refractivity contribution in [1.82, 2.24) is 15.0 Å². The fraction of sp³-hybridized carbons (Fsp3) is 0.182. The molecule has 1 heterocycles. The second kappa shape index (κ2) is 5.54. The van der Waals surface area contributed by atoms with Crippen LogP contribution in [0.4, 0.5) is 8.78 Å². The van der Waals surface area contributed by atoms with Gasteiger partial charge in [-0.3, -0.25) is 4.79 Å². The molecule has 0 saturated carbocycles. The van der Waals surface area contributed by atoms with Gasteiger partial charge in [0.1, 0.15) is 12.4 Å². The fourth-order valence-electron chi connectivity index (χ4n) is 1.52. The van der Waals surface area contributed by atoms with Crippen molar-refractivity contribution in [2.24, 2.45) is 5.73 Å². The quantitative estimate of drug-likeness (QED) is 0.683. The Bertz CT molecular complexity index is 629. The predicted octanol–water partition coefficient (Wildman–Crippen LogP) is 1.66. The zero-order chi connectivity index (χ0) is 14.0. The Morgan fingerprint density at radius 3 is 2.79 bits per heavy atom. The van der Waals surface area contributed by atoms with E-state index in [1.54, 1.807) is 0 Å². The normalized spacial score (nSPS) is 10.7. The predicted molar refractivity (Wildman–Crippen MR) is 66.3 cm³/mol. The van der Waals surface area contributed by atoms with E-state index in [4.69, 9.17) is 5.73 Å². The number of rotatable bonds is 4. The molecule has 19 heavy (non-hydrogen) atoms. The molecule has 0 spiro atoms. The van der Waals surface area contributed by atoms with Gasteiger partial charge >= 0.3 is 0 Å². The third kappa shape index (κ3) is 2.85. The second-order valence-corrected chi connectivity index (χ2v) is 4.61. The van der Waals surface area contributed by atoms with Crippen LogP contribution in [-0.4, -0.2) is 20.8 Å². The van der Waals surface area contributed by atoms with Gasteiger partial charge in [0.25, 0.3) is 0 Å². The minimum Gasteiger partial charge on any atom is -0.325 e. The molecule has 2 N–H and O–H groups in total. The lowest BCUT2D eigenvalue weighted by Gasteiger charge is -2.05. The number of benzene rings is 1. The number of Topliss-reactive ketones (excluding diaryl/α,β-unsaturated/α-hetero) is 1. The van der Waals surface area contributed by atoms with Crippen molar-refractivity contribution in [3.8, 4) is 0 Å². The monoisotopic (exact) mass is 330 g/mol. The Morgan fingerprint density at radius 1 is 1.42 bits per heavy atom. The maximum Gasteiger partial charge on any atom is 0.190 e. The summed E-state index contributed by atoms with van der Waals surface area (Å²) in [6, 6.07) is 2.22. The topological polar surface area (TPSA) is 73.8 Å². The van der Waals surface area contributed by atoms with E-state index in [0.29, 0.717) is 5.69 Å². The summed E-state index contributed by atoms with van der Waals surface area (Å²) < 4.78 is 28.4. The highest BCUT2D eigenvalue weighted by molar-refractivity contribution is 9.10. The van der Waals surface area contributed by atoms with E-state index >= 15 is 0 Å². The van der Waals surface area contributed by atoms with Gasteiger partial charge in [-0.25, -0.2) is 13.5 Å². The number of aromatic nitrogens is 3. The maximum absolute atomic E-state index is 13.7. The van der Waals surface area contributed by atoms with Crippen LogP contribution in [0.25, 0.3) is 0 Å². The molecule has 2 aromatic rings. The summed E-state index contributed by atoms with van der Waals surface area (Å²) in [5.74, 6) is -2.57. The standard InChI is InChI=1S/C11H9BrF2N4O/c12-7-1-2-8(13)10(11(7)14)9(19)5-18-4-6(3-15)16-17-18/h1-2,4H,3,5,15H2. The van der Waals surface area contributed by atoms with Gasteiger partial charge in [0, 0.05) is 6.54 Å². The lowest BCUT2D eigenvalue weighted by molar-refractivity contribution is 0.0958.